The highest BCUT2D eigenvalue weighted by Crippen LogP contribution is 2.39. The van der Waals surface area contributed by atoms with Crippen LogP contribution in [0.25, 0.3) is 0 Å². The zero-order chi connectivity index (χ0) is 18.4. The van der Waals surface area contributed by atoms with E-state index in [4.69, 9.17) is 4.74 Å². The van der Waals surface area contributed by atoms with Gasteiger partial charge in [-0.05, 0) is 42.9 Å². The molecule has 1 saturated carbocycles. The van der Waals surface area contributed by atoms with Crippen molar-refractivity contribution in [1.29, 1.82) is 0 Å². The van der Waals surface area contributed by atoms with Gasteiger partial charge in [-0.25, -0.2) is 0 Å². The Balaban J connectivity index is 1.86. The van der Waals surface area contributed by atoms with E-state index in [1.807, 2.05) is 31.2 Å². The molecule has 0 radical (unpaired) electrons. The van der Waals surface area contributed by atoms with Gasteiger partial charge in [0.1, 0.15) is 23.1 Å². The van der Waals surface area contributed by atoms with Crippen molar-refractivity contribution in [3.8, 4) is 5.75 Å². The average Bonchev–Trinajstić information content (AvgIpc) is 2.92. The van der Waals surface area contributed by atoms with Gasteiger partial charge in [-0.3, -0.25) is 14.4 Å². The van der Waals surface area contributed by atoms with Gasteiger partial charge in [-0.15, -0.1) is 0 Å². The van der Waals surface area contributed by atoms with E-state index in [2.05, 4.69) is 6.92 Å². The van der Waals surface area contributed by atoms with Crippen molar-refractivity contribution in [3.05, 3.63) is 29.8 Å². The van der Waals surface area contributed by atoms with E-state index in [0.29, 0.717) is 38.5 Å². The van der Waals surface area contributed by atoms with Crippen LogP contribution >= 0.6 is 0 Å². The lowest BCUT2D eigenvalue weighted by Crippen LogP contribution is -2.32. The number of carbonyl (C=O) groups is 3. The summed E-state index contributed by atoms with van der Waals surface area (Å²) in [5, 5.41) is 0. The minimum atomic E-state index is -0.881. The van der Waals surface area contributed by atoms with Gasteiger partial charge in [-0.2, -0.15) is 0 Å². The third kappa shape index (κ3) is 4.36. The molecule has 0 amide bonds. The Kier molecular flexibility index (Phi) is 6.51. The fourth-order valence-electron chi connectivity index (χ4n) is 3.68. The molecule has 1 fully saturated rings. The maximum absolute atomic E-state index is 12.3. The second kappa shape index (κ2) is 8.41. The number of methoxy groups -OCH3 is 1. The number of benzene rings is 1. The van der Waals surface area contributed by atoms with E-state index < -0.39 is 5.41 Å². The smallest absolute Gasteiger partial charge is 0.146 e. The maximum atomic E-state index is 12.3. The highest BCUT2D eigenvalue weighted by Gasteiger charge is 2.47. The number of hydrogen-bond donors (Lipinski definition) is 0. The van der Waals surface area contributed by atoms with Gasteiger partial charge in [0.15, 0.2) is 0 Å². The molecular formula is C21H28O4. The van der Waals surface area contributed by atoms with E-state index in [9.17, 15) is 14.4 Å². The summed E-state index contributed by atoms with van der Waals surface area (Å²) in [5.74, 6) is 1.26. The van der Waals surface area contributed by atoms with Crippen LogP contribution in [0, 0.1) is 5.41 Å². The van der Waals surface area contributed by atoms with Gasteiger partial charge in [0.2, 0.25) is 0 Å². The Labute approximate surface area is 149 Å². The minimum Gasteiger partial charge on any atom is -0.497 e. The molecule has 0 N–H and O–H groups in total. The third-order valence-electron chi connectivity index (χ3n) is 5.60. The second-order valence-corrected chi connectivity index (χ2v) is 7.04. The summed E-state index contributed by atoms with van der Waals surface area (Å²) in [4.78, 5) is 36.5. The Morgan fingerprint density at radius 1 is 1.20 bits per heavy atom. The van der Waals surface area contributed by atoms with Crippen LogP contribution < -0.4 is 4.74 Å². The lowest BCUT2D eigenvalue weighted by molar-refractivity contribution is -0.136. The van der Waals surface area contributed by atoms with Crippen molar-refractivity contribution in [2.45, 2.75) is 64.7 Å². The van der Waals surface area contributed by atoms with Crippen LogP contribution in [0.15, 0.2) is 24.3 Å². The first-order valence-corrected chi connectivity index (χ1v) is 9.15. The van der Waals surface area contributed by atoms with E-state index >= 15 is 0 Å². The van der Waals surface area contributed by atoms with Gasteiger partial charge >= 0.3 is 0 Å². The number of ether oxygens (including phenoxy) is 1. The quantitative estimate of drug-likeness (QED) is 0.628. The van der Waals surface area contributed by atoms with Crippen molar-refractivity contribution in [1.82, 2.24) is 0 Å². The highest BCUT2D eigenvalue weighted by atomic mass is 16.5. The molecular weight excluding hydrogens is 316 g/mol. The van der Waals surface area contributed by atoms with Gasteiger partial charge in [0.25, 0.3) is 0 Å². The molecule has 1 atom stereocenters. The summed E-state index contributed by atoms with van der Waals surface area (Å²) >= 11 is 0. The summed E-state index contributed by atoms with van der Waals surface area (Å²) in [7, 11) is 1.64. The molecule has 0 saturated heterocycles. The highest BCUT2D eigenvalue weighted by molar-refractivity contribution is 6.13. The zero-order valence-corrected chi connectivity index (χ0v) is 15.5. The van der Waals surface area contributed by atoms with Crippen LogP contribution in [-0.4, -0.2) is 24.5 Å². The zero-order valence-electron chi connectivity index (χ0n) is 15.5. The number of carbonyl (C=O) groups excluding carboxylic acids is 3. The normalized spacial score (nSPS) is 17.6. The minimum absolute atomic E-state index is 0.0255. The summed E-state index contributed by atoms with van der Waals surface area (Å²) in [6.07, 6.45) is 3.12. The van der Waals surface area contributed by atoms with E-state index in [0.717, 1.165) is 17.7 Å². The largest absolute Gasteiger partial charge is 0.497 e. The molecule has 1 unspecified atom stereocenters. The molecule has 25 heavy (non-hydrogen) atoms. The second-order valence-electron chi connectivity index (χ2n) is 7.04. The molecule has 0 heterocycles. The summed E-state index contributed by atoms with van der Waals surface area (Å²) < 4.78 is 5.24. The molecule has 1 aromatic rings. The molecule has 1 aromatic carbocycles. The van der Waals surface area contributed by atoms with Crippen molar-refractivity contribution < 1.29 is 19.1 Å². The molecule has 0 aromatic heterocycles. The molecule has 1 aliphatic carbocycles. The first-order valence-electron chi connectivity index (χ1n) is 9.15. The molecule has 4 nitrogen and oxygen atoms in total. The van der Waals surface area contributed by atoms with Crippen molar-refractivity contribution in [3.63, 3.8) is 0 Å². The fourth-order valence-corrected chi connectivity index (χ4v) is 3.68. The number of hydrogen-bond acceptors (Lipinski definition) is 4. The monoisotopic (exact) mass is 344 g/mol. The average molecular weight is 344 g/mol. The molecule has 0 aliphatic heterocycles. The molecule has 0 spiro atoms. The van der Waals surface area contributed by atoms with Gasteiger partial charge in [-0.1, -0.05) is 26.0 Å². The van der Waals surface area contributed by atoms with Crippen LogP contribution in [0.4, 0.5) is 0 Å². The van der Waals surface area contributed by atoms with Gasteiger partial charge in [0.05, 0.1) is 12.5 Å². The van der Waals surface area contributed by atoms with Crippen LogP contribution in [0.1, 0.15) is 70.3 Å². The number of Topliss-reactive ketones (excluding diaryl/α,β-unsaturated/α-hetero) is 3. The molecule has 2 rings (SSSR count). The Morgan fingerprint density at radius 2 is 1.88 bits per heavy atom. The lowest BCUT2D eigenvalue weighted by atomic mass is 9.76. The van der Waals surface area contributed by atoms with Crippen LogP contribution in [0.2, 0.25) is 0 Å². The third-order valence-corrected chi connectivity index (χ3v) is 5.60. The van der Waals surface area contributed by atoms with E-state index in [-0.39, 0.29) is 23.3 Å². The number of rotatable bonds is 9. The molecule has 4 heteroatoms. The summed E-state index contributed by atoms with van der Waals surface area (Å²) in [5.41, 5.74) is 0.270. The van der Waals surface area contributed by atoms with Crippen LogP contribution in [-0.2, 0) is 14.4 Å². The summed E-state index contributed by atoms with van der Waals surface area (Å²) in [6, 6.07) is 7.90. The molecule has 0 bridgehead atoms. The van der Waals surface area contributed by atoms with Crippen molar-refractivity contribution in [2.24, 2.45) is 5.41 Å². The van der Waals surface area contributed by atoms with E-state index in [1.165, 1.54) is 0 Å². The van der Waals surface area contributed by atoms with Gasteiger partial charge < -0.3 is 4.74 Å². The number of ketones is 3. The SMILES string of the molecule is CCC1(CCC(=O)CCC(C)c2cccc(OC)c2)C(=O)CCC1=O. The Bertz CT molecular complexity index is 631. The van der Waals surface area contributed by atoms with Crippen LogP contribution in [0.5, 0.6) is 5.75 Å². The topological polar surface area (TPSA) is 60.4 Å². The first-order chi connectivity index (χ1) is 11.9. The van der Waals surface area contributed by atoms with Crippen LogP contribution in [0.3, 0.4) is 0 Å². The Hall–Kier alpha value is -1.97. The molecule has 1 aliphatic rings. The summed E-state index contributed by atoms with van der Waals surface area (Å²) in [6.45, 7) is 3.97. The first kappa shape index (κ1) is 19.4. The predicted octanol–water partition coefficient (Wildman–Crippen LogP) is 4.26. The Morgan fingerprint density at radius 3 is 2.48 bits per heavy atom. The van der Waals surface area contributed by atoms with Crippen molar-refractivity contribution >= 4 is 17.3 Å². The van der Waals surface area contributed by atoms with Gasteiger partial charge in [0, 0.05) is 25.7 Å². The van der Waals surface area contributed by atoms with Crippen molar-refractivity contribution in [2.75, 3.05) is 7.11 Å². The maximum Gasteiger partial charge on any atom is 0.146 e. The lowest BCUT2D eigenvalue weighted by Gasteiger charge is -2.23. The molecule has 136 valence electrons. The standard InChI is InChI=1S/C21H28O4/c1-4-21(19(23)10-11-20(21)24)13-12-17(22)9-8-15(2)16-6-5-7-18(14-16)25-3/h5-7,14-15H,4,8-13H2,1-3H3. The predicted molar refractivity (Wildman–Crippen MR) is 96.9 cm³/mol. The fraction of sp³-hybridized carbons (Fsp3) is 0.571. The van der Waals surface area contributed by atoms with E-state index in [1.54, 1.807) is 7.11 Å².